The van der Waals surface area contributed by atoms with Gasteiger partial charge >= 0.3 is 0 Å². The molecule has 0 aliphatic heterocycles. The lowest BCUT2D eigenvalue weighted by molar-refractivity contribution is 0.375. The third kappa shape index (κ3) is 1.86. The van der Waals surface area contributed by atoms with Crippen molar-refractivity contribution in [2.45, 2.75) is 6.92 Å². The first-order valence-corrected chi connectivity index (χ1v) is 6.56. The molecule has 122 valence electrons. The van der Waals surface area contributed by atoms with Crippen molar-refractivity contribution in [2.75, 3.05) is 0 Å². The molecular formula is C14H15N3O6. The molecule has 3 aromatic heterocycles. The van der Waals surface area contributed by atoms with Crippen molar-refractivity contribution in [3.8, 4) is 46.7 Å². The largest absolute Gasteiger partial charge is 0.494 e. The van der Waals surface area contributed by atoms with E-state index < -0.39 is 17.6 Å². The minimum absolute atomic E-state index is 0.0749. The molecule has 0 radical (unpaired) electrons. The second-order valence-electron chi connectivity index (χ2n) is 5.16. The molecule has 0 unspecified atom stereocenters. The second-order valence-corrected chi connectivity index (χ2v) is 5.16. The third-order valence-electron chi connectivity index (χ3n) is 3.71. The normalized spacial score (nSPS) is 11.2. The zero-order chi connectivity index (χ0) is 17.0. The highest BCUT2D eigenvalue weighted by molar-refractivity contribution is 5.61. The van der Waals surface area contributed by atoms with Crippen LogP contribution in [0.3, 0.4) is 0 Å². The van der Waals surface area contributed by atoms with Crippen LogP contribution in [0, 0.1) is 6.92 Å². The minimum Gasteiger partial charge on any atom is -0.494 e. The van der Waals surface area contributed by atoms with E-state index in [9.17, 15) is 30.6 Å². The summed E-state index contributed by atoms with van der Waals surface area (Å²) < 4.78 is 2.84. The highest BCUT2D eigenvalue weighted by Crippen LogP contribution is 2.42. The molecule has 0 amide bonds. The van der Waals surface area contributed by atoms with Gasteiger partial charge in [-0.25, -0.2) is 9.13 Å². The van der Waals surface area contributed by atoms with E-state index in [4.69, 9.17) is 0 Å². The topological polar surface area (TPSA) is 136 Å². The van der Waals surface area contributed by atoms with Gasteiger partial charge < -0.3 is 30.6 Å². The van der Waals surface area contributed by atoms with Gasteiger partial charge in [0.05, 0.1) is 0 Å². The van der Waals surface area contributed by atoms with Crippen molar-refractivity contribution >= 4 is 0 Å². The molecule has 3 rings (SSSR count). The summed E-state index contributed by atoms with van der Waals surface area (Å²) in [5, 5.41) is 59.9. The number of nitrogens with zero attached hydrogens (tertiary/aromatic N) is 3. The average molecular weight is 321 g/mol. The Balaban J connectivity index is 2.27. The highest BCUT2D eigenvalue weighted by atomic mass is 16.3. The molecule has 3 heterocycles. The molecule has 0 saturated heterocycles. The molecule has 3 aromatic rings. The lowest BCUT2D eigenvalue weighted by atomic mass is 10.4. The van der Waals surface area contributed by atoms with Gasteiger partial charge in [0.25, 0.3) is 0 Å². The van der Waals surface area contributed by atoms with Crippen LogP contribution >= 0.6 is 0 Å². The van der Waals surface area contributed by atoms with Crippen molar-refractivity contribution < 1.29 is 30.6 Å². The van der Waals surface area contributed by atoms with E-state index in [1.54, 1.807) is 6.92 Å². The van der Waals surface area contributed by atoms with E-state index in [1.165, 1.54) is 13.1 Å². The number of hydrogen-bond donors (Lipinski definition) is 6. The molecule has 0 aliphatic carbocycles. The summed E-state index contributed by atoms with van der Waals surface area (Å²) in [5.74, 6) is -2.35. The third-order valence-corrected chi connectivity index (χ3v) is 3.71. The van der Waals surface area contributed by atoms with E-state index in [-0.39, 0.29) is 29.0 Å². The molecule has 0 aliphatic rings. The van der Waals surface area contributed by atoms with Gasteiger partial charge in [0.15, 0.2) is 11.8 Å². The minimum atomic E-state index is -0.551. The summed E-state index contributed by atoms with van der Waals surface area (Å²) in [6, 6.07) is 3.52. The van der Waals surface area contributed by atoms with Crippen LogP contribution in [0.5, 0.6) is 35.3 Å². The number of rotatable bonds is 2. The molecule has 9 nitrogen and oxygen atoms in total. The monoisotopic (exact) mass is 321 g/mol. The summed E-state index contributed by atoms with van der Waals surface area (Å²) >= 11 is 0. The Hall–Kier alpha value is -3.36. The first kappa shape index (κ1) is 14.6. The van der Waals surface area contributed by atoms with Crippen LogP contribution in [0.2, 0.25) is 0 Å². The van der Waals surface area contributed by atoms with E-state index in [0.717, 1.165) is 25.8 Å². The fraction of sp³-hybridized carbons (Fsp3) is 0.143. The van der Waals surface area contributed by atoms with Crippen LogP contribution in [-0.4, -0.2) is 44.3 Å². The van der Waals surface area contributed by atoms with E-state index in [1.807, 2.05) is 0 Å². The van der Waals surface area contributed by atoms with Gasteiger partial charge in [-0.05, 0) is 6.92 Å². The molecule has 23 heavy (non-hydrogen) atoms. The Morgan fingerprint density at radius 1 is 0.652 bits per heavy atom. The summed E-state index contributed by atoms with van der Waals surface area (Å²) in [7, 11) is 1.39. The Morgan fingerprint density at radius 3 is 1.61 bits per heavy atom. The molecular weight excluding hydrogens is 306 g/mol. The highest BCUT2D eigenvalue weighted by Gasteiger charge is 2.25. The molecule has 0 bridgehead atoms. The van der Waals surface area contributed by atoms with Crippen molar-refractivity contribution in [1.29, 1.82) is 0 Å². The first-order chi connectivity index (χ1) is 10.7. The SMILES string of the molecule is Cc1cc(O)n(-c2cc(O)n(-c3cc(O)n(C)c3O)c2O)c1O. The Morgan fingerprint density at radius 2 is 1.13 bits per heavy atom. The van der Waals surface area contributed by atoms with Gasteiger partial charge in [0, 0.05) is 30.8 Å². The van der Waals surface area contributed by atoms with E-state index >= 15 is 0 Å². The second kappa shape index (κ2) is 4.57. The summed E-state index contributed by atoms with van der Waals surface area (Å²) in [5.41, 5.74) is 0.191. The van der Waals surface area contributed by atoms with Crippen LogP contribution in [0.25, 0.3) is 11.4 Å². The standard InChI is InChI=1S/C14H15N3O6/c1-6-3-10(19)16(12(6)21)8-5-11(20)17(14(8)23)7-4-9(18)15(2)13(7)22/h3-5,18-23H,1-2H3. The summed E-state index contributed by atoms with van der Waals surface area (Å²) in [6.07, 6.45) is 0. The molecule has 6 N–H and O–H groups in total. The van der Waals surface area contributed by atoms with Gasteiger partial charge in [0.2, 0.25) is 23.5 Å². The van der Waals surface area contributed by atoms with Gasteiger partial charge in [-0.3, -0.25) is 4.57 Å². The van der Waals surface area contributed by atoms with Gasteiger partial charge in [0.1, 0.15) is 11.4 Å². The smallest absolute Gasteiger partial charge is 0.224 e. The molecule has 0 atom stereocenters. The first-order valence-electron chi connectivity index (χ1n) is 6.56. The van der Waals surface area contributed by atoms with Gasteiger partial charge in [-0.2, -0.15) is 0 Å². The van der Waals surface area contributed by atoms with Crippen LogP contribution < -0.4 is 0 Å². The van der Waals surface area contributed by atoms with E-state index in [0.29, 0.717) is 5.56 Å². The zero-order valence-electron chi connectivity index (χ0n) is 12.3. The maximum atomic E-state index is 10.4. The fourth-order valence-electron chi connectivity index (χ4n) is 2.45. The van der Waals surface area contributed by atoms with Gasteiger partial charge in [-0.1, -0.05) is 0 Å². The molecule has 0 saturated carbocycles. The molecule has 9 heteroatoms. The molecule has 0 aromatic carbocycles. The number of aromatic nitrogens is 3. The Kier molecular flexibility index (Phi) is 2.89. The zero-order valence-corrected chi connectivity index (χ0v) is 12.3. The lowest BCUT2D eigenvalue weighted by Crippen LogP contribution is -1.95. The Bertz CT molecular complexity index is 918. The van der Waals surface area contributed by atoms with Crippen molar-refractivity contribution in [1.82, 2.24) is 13.7 Å². The predicted octanol–water partition coefficient (Wildman–Crippen LogP) is 1.15. The molecule has 0 fully saturated rings. The average Bonchev–Trinajstić information content (AvgIpc) is 3.00. The van der Waals surface area contributed by atoms with Crippen molar-refractivity contribution in [3.05, 3.63) is 23.8 Å². The Labute approximate surface area is 129 Å². The van der Waals surface area contributed by atoms with Crippen LogP contribution in [0.15, 0.2) is 18.2 Å². The quantitative estimate of drug-likeness (QED) is 0.419. The molecule has 0 spiro atoms. The number of aromatic hydroxyl groups is 6. The van der Waals surface area contributed by atoms with Crippen LogP contribution in [-0.2, 0) is 7.05 Å². The van der Waals surface area contributed by atoms with Gasteiger partial charge in [-0.15, -0.1) is 0 Å². The summed E-state index contributed by atoms with van der Waals surface area (Å²) in [4.78, 5) is 0. The van der Waals surface area contributed by atoms with Crippen molar-refractivity contribution in [3.63, 3.8) is 0 Å². The maximum absolute atomic E-state index is 10.4. The van der Waals surface area contributed by atoms with E-state index in [2.05, 4.69) is 0 Å². The maximum Gasteiger partial charge on any atom is 0.224 e. The number of aryl methyl sites for hydroxylation is 1. The lowest BCUT2D eigenvalue weighted by Gasteiger charge is -2.08. The predicted molar refractivity (Wildman–Crippen MR) is 78.8 cm³/mol. The van der Waals surface area contributed by atoms with Crippen molar-refractivity contribution in [2.24, 2.45) is 7.05 Å². The number of hydrogen-bond acceptors (Lipinski definition) is 6. The fourth-order valence-corrected chi connectivity index (χ4v) is 2.45. The van der Waals surface area contributed by atoms with Crippen LogP contribution in [0.4, 0.5) is 0 Å². The van der Waals surface area contributed by atoms with Crippen LogP contribution in [0.1, 0.15) is 5.56 Å². The summed E-state index contributed by atoms with van der Waals surface area (Å²) in [6.45, 7) is 1.56.